The molecule has 6 rings (SSSR count). The van der Waals surface area contributed by atoms with Crippen molar-refractivity contribution in [1.82, 2.24) is 60.0 Å². The van der Waals surface area contributed by atoms with E-state index in [9.17, 15) is 51.5 Å². The number of carbonyl (C=O) groups is 12. The second-order valence-corrected chi connectivity index (χ2v) is 29.2. The molecule has 2 aliphatic carbocycles. The average molecular weight is 1400 g/mol. The van der Waals surface area contributed by atoms with Crippen LogP contribution in [0.15, 0.2) is 18.2 Å². The maximum atomic E-state index is 15.5. The number of likely N-dealkylation sites (N-methyl/N-ethyl adjacent to an activating group) is 7. The molecule has 12 amide bonds. The molecule has 5 aliphatic rings. The number of benzene rings is 1. The van der Waals surface area contributed by atoms with Crippen LogP contribution in [0.3, 0.4) is 0 Å². The number of halogens is 4. The Hall–Kier alpha value is -7.06. The second-order valence-electron chi connectivity index (χ2n) is 28.8. The van der Waals surface area contributed by atoms with E-state index in [0.717, 1.165) is 58.9 Å². The molecule has 1 spiro atoms. The van der Waals surface area contributed by atoms with Gasteiger partial charge in [-0.25, -0.2) is 0 Å². The van der Waals surface area contributed by atoms with Gasteiger partial charge in [0.25, 0.3) is 0 Å². The van der Waals surface area contributed by atoms with Gasteiger partial charge in [0.2, 0.25) is 70.9 Å². The standard InChI is InChI=1S/C70H108ClF3N12O12/c1-14-44(5)59-66(96)80(9)41-57(89)78(7)42-58(90)82(11)53(38-46-24-17-16-18-25-46)64(94)79(8)40-55(87)75-50(30-28-47-27-29-48(49(71)37-47)70(72,73)74)63(93)86-35-23-26-51(86)62(92)77-69(31-19-20-32-69)68(98)84(13)60(45(6)15-2)67(97)83(12)54(65(95)85-33-21-22-34-85)39-56(88)81(10)52(36-43(3)4)61(91)76-59/h27,29,37,43-46,50-54,59-60H,14-26,28,30-36,38-42H2,1-13H3,(H,75,87)(H,76,91)(H,77,92)/t44-,45-,50-,51?,52-,53-,54-,59-,60-/m0/s1. The largest absolute Gasteiger partial charge is 0.417 e. The van der Waals surface area contributed by atoms with Crippen molar-refractivity contribution in [1.29, 1.82) is 0 Å². The van der Waals surface area contributed by atoms with Crippen molar-refractivity contribution in [2.24, 2.45) is 23.7 Å². The van der Waals surface area contributed by atoms with E-state index in [1.165, 1.54) is 79.9 Å². The minimum absolute atomic E-state index is 0.0185. The minimum Gasteiger partial charge on any atom is -0.343 e. The molecule has 98 heavy (non-hydrogen) atoms. The van der Waals surface area contributed by atoms with E-state index in [0.29, 0.717) is 63.6 Å². The van der Waals surface area contributed by atoms with Crippen LogP contribution in [0.5, 0.6) is 0 Å². The highest BCUT2D eigenvalue weighted by molar-refractivity contribution is 6.31. The average Bonchev–Trinajstić information content (AvgIpc) is 1.37. The van der Waals surface area contributed by atoms with Gasteiger partial charge in [-0.2, -0.15) is 13.2 Å². The second kappa shape index (κ2) is 35.3. The lowest BCUT2D eigenvalue weighted by molar-refractivity contribution is -0.156. The lowest BCUT2D eigenvalue weighted by Gasteiger charge is -2.42. The molecular weight excluding hydrogens is 1290 g/mol. The van der Waals surface area contributed by atoms with E-state index in [1.54, 1.807) is 18.7 Å². The molecule has 3 N–H and O–H groups in total. The molecule has 9 atom stereocenters. The van der Waals surface area contributed by atoms with Crippen LogP contribution in [-0.4, -0.2) is 251 Å². The number of fused-ring (bicyclic) bond motifs is 1. The Balaban J connectivity index is 1.42. The number of nitrogens with one attached hydrogen (secondary N) is 3. The SMILES string of the molecule is CC[C@H](C)[C@@H]1NC(=O)[C@H](CC(C)C)N(C)C(=O)C[C@@H](C(=O)N2CCCC2)N(C)C(=O)[C@H]([C@@H](C)CC)N(C)C(=O)C2(CCCC2)NC(=O)C2CCCN2C(=O)[C@H](CCc2ccc(C(F)(F)F)c(Cl)c2)NC(=O)CN(C)C(=O)[C@H](CC2CCCCC2)N(C)C(=O)CN(C)C(=O)CN(C)C1=O. The Kier molecular flexibility index (Phi) is 28.8. The summed E-state index contributed by atoms with van der Waals surface area (Å²) in [5.41, 5.74) is -2.36. The van der Waals surface area contributed by atoms with E-state index in [2.05, 4.69) is 16.0 Å². The van der Waals surface area contributed by atoms with E-state index >= 15 is 19.2 Å². The number of alkyl halides is 3. The van der Waals surface area contributed by atoms with E-state index in [-0.39, 0.29) is 63.3 Å². The maximum absolute atomic E-state index is 15.5. The van der Waals surface area contributed by atoms with E-state index < -0.39 is 173 Å². The molecule has 1 aromatic rings. The molecule has 3 heterocycles. The molecule has 0 bridgehead atoms. The fourth-order valence-corrected chi connectivity index (χ4v) is 14.9. The van der Waals surface area contributed by atoms with E-state index in [1.807, 2.05) is 27.7 Å². The molecule has 1 aromatic carbocycles. The zero-order valence-electron chi connectivity index (χ0n) is 59.9. The summed E-state index contributed by atoms with van der Waals surface area (Å²) >= 11 is 6.14. The van der Waals surface area contributed by atoms with Crippen molar-refractivity contribution in [2.75, 3.05) is 88.6 Å². The van der Waals surface area contributed by atoms with Crippen molar-refractivity contribution in [3.05, 3.63) is 34.3 Å². The van der Waals surface area contributed by atoms with Gasteiger partial charge < -0.3 is 60.0 Å². The highest BCUT2D eigenvalue weighted by atomic mass is 35.5. The fourth-order valence-electron chi connectivity index (χ4n) is 14.6. The third kappa shape index (κ3) is 19.9. The van der Waals surface area contributed by atoms with Crippen molar-refractivity contribution >= 4 is 82.5 Å². The predicted molar refractivity (Wildman–Crippen MR) is 362 cm³/mol. The molecule has 0 radical (unpaired) electrons. The van der Waals surface area contributed by atoms with Crippen molar-refractivity contribution in [3.8, 4) is 0 Å². The molecule has 2 saturated carbocycles. The molecule has 24 nitrogen and oxygen atoms in total. The normalized spacial score (nSPS) is 26.3. The van der Waals surface area contributed by atoms with Crippen LogP contribution in [0, 0.1) is 23.7 Å². The number of likely N-dealkylation sites (tertiary alicyclic amines) is 1. The van der Waals surface area contributed by atoms with Crippen molar-refractivity contribution < 1.29 is 70.7 Å². The number of aryl methyl sites for hydroxylation is 1. The summed E-state index contributed by atoms with van der Waals surface area (Å²) in [5.74, 6) is -9.06. The lowest BCUT2D eigenvalue weighted by atomic mass is 9.84. The van der Waals surface area contributed by atoms with Gasteiger partial charge >= 0.3 is 6.18 Å². The Bertz CT molecular complexity index is 3050. The monoisotopic (exact) mass is 1400 g/mol. The summed E-state index contributed by atoms with van der Waals surface area (Å²) in [5, 5.41) is 8.10. The first-order valence-corrected chi connectivity index (χ1v) is 35.6. The summed E-state index contributed by atoms with van der Waals surface area (Å²) in [6.07, 6.45) is 2.99. The summed E-state index contributed by atoms with van der Waals surface area (Å²) < 4.78 is 41.5. The van der Waals surface area contributed by atoms with Gasteiger partial charge in [0, 0.05) is 69.0 Å². The lowest BCUT2D eigenvalue weighted by Crippen LogP contribution is -2.65. The van der Waals surface area contributed by atoms with E-state index in [4.69, 9.17) is 11.6 Å². The number of amides is 12. The molecule has 28 heteroatoms. The highest BCUT2D eigenvalue weighted by Crippen LogP contribution is 2.37. The predicted octanol–water partition coefficient (Wildman–Crippen LogP) is 5.50. The van der Waals surface area contributed by atoms with Crippen LogP contribution < -0.4 is 16.0 Å². The first-order valence-electron chi connectivity index (χ1n) is 35.2. The van der Waals surface area contributed by atoms with Gasteiger partial charge in [-0.15, -0.1) is 0 Å². The van der Waals surface area contributed by atoms with Crippen LogP contribution in [0.4, 0.5) is 13.2 Å². The van der Waals surface area contributed by atoms with Gasteiger partial charge in [0.1, 0.15) is 47.8 Å². The van der Waals surface area contributed by atoms with Crippen LogP contribution in [0.1, 0.15) is 175 Å². The smallest absolute Gasteiger partial charge is 0.343 e. The Labute approximate surface area is 581 Å². The number of rotatable bonds is 12. The first kappa shape index (κ1) is 79.9. The number of hydrogen-bond acceptors (Lipinski definition) is 12. The number of nitrogens with zero attached hydrogens (tertiary/aromatic N) is 9. The summed E-state index contributed by atoms with van der Waals surface area (Å²) in [7, 11) is 9.87. The van der Waals surface area contributed by atoms with Gasteiger partial charge in [-0.3, -0.25) is 57.5 Å². The van der Waals surface area contributed by atoms with Crippen LogP contribution in [0.25, 0.3) is 0 Å². The first-order chi connectivity index (χ1) is 46.1. The van der Waals surface area contributed by atoms with Gasteiger partial charge in [-0.1, -0.05) is 117 Å². The Morgan fingerprint density at radius 1 is 0.622 bits per heavy atom. The highest BCUT2D eigenvalue weighted by Gasteiger charge is 2.51. The summed E-state index contributed by atoms with van der Waals surface area (Å²) in [6, 6.07) is -5.64. The molecule has 3 saturated heterocycles. The molecular formula is C70H108ClF3N12O12. The Morgan fingerprint density at radius 3 is 1.82 bits per heavy atom. The van der Waals surface area contributed by atoms with Crippen LogP contribution >= 0.6 is 11.6 Å². The third-order valence-electron chi connectivity index (χ3n) is 21.2. The van der Waals surface area contributed by atoms with Crippen molar-refractivity contribution in [2.45, 2.75) is 224 Å². The molecule has 1 unspecified atom stereocenters. The Morgan fingerprint density at radius 2 is 1.22 bits per heavy atom. The molecule has 3 aliphatic heterocycles. The quantitative estimate of drug-likeness (QED) is 0.234. The van der Waals surface area contributed by atoms with Crippen LogP contribution in [-0.2, 0) is 70.1 Å². The molecule has 548 valence electrons. The maximum Gasteiger partial charge on any atom is 0.417 e. The van der Waals surface area contributed by atoms with Gasteiger partial charge in [-0.05, 0) is 106 Å². The molecule has 0 aromatic heterocycles. The third-order valence-corrected chi connectivity index (χ3v) is 21.5. The van der Waals surface area contributed by atoms with Crippen LogP contribution in [0.2, 0.25) is 5.02 Å². The summed E-state index contributed by atoms with van der Waals surface area (Å²) in [6.45, 7) is 10.0. The summed E-state index contributed by atoms with van der Waals surface area (Å²) in [4.78, 5) is 189. The van der Waals surface area contributed by atoms with Gasteiger partial charge in [0.05, 0.1) is 36.6 Å². The zero-order chi connectivity index (χ0) is 72.8. The minimum atomic E-state index is -4.76. The number of carbonyl (C=O) groups excluding carboxylic acids is 12. The zero-order valence-corrected chi connectivity index (χ0v) is 60.7. The van der Waals surface area contributed by atoms with Gasteiger partial charge in [0.15, 0.2) is 0 Å². The van der Waals surface area contributed by atoms with Crippen molar-refractivity contribution in [3.63, 3.8) is 0 Å². The number of hydrogen-bond donors (Lipinski definition) is 3. The topological polar surface area (TPSA) is 270 Å². The molecule has 5 fully saturated rings. The fraction of sp³-hybridized carbons (Fsp3) is 0.743.